The summed E-state index contributed by atoms with van der Waals surface area (Å²) in [5, 5.41) is 0. The summed E-state index contributed by atoms with van der Waals surface area (Å²) in [6.07, 6.45) is 2.41. The number of nitrogens with zero attached hydrogens (tertiary/aromatic N) is 1. The smallest absolute Gasteiger partial charge is 0.226 e. The van der Waals surface area contributed by atoms with Gasteiger partial charge in [0, 0.05) is 19.1 Å². The Labute approximate surface area is 144 Å². The average Bonchev–Trinajstić information content (AvgIpc) is 2.54. The fraction of sp³-hybridized carbons (Fsp3) is 0.588. The van der Waals surface area contributed by atoms with Crippen LogP contribution in [-0.2, 0) is 4.79 Å². The van der Waals surface area contributed by atoms with E-state index in [0.29, 0.717) is 37.0 Å². The third-order valence-corrected chi connectivity index (χ3v) is 4.21. The second-order valence-electron chi connectivity index (χ2n) is 5.86. The zero-order valence-corrected chi connectivity index (χ0v) is 14.7. The molecule has 1 amide bonds. The molecule has 1 heterocycles. The van der Waals surface area contributed by atoms with Crippen LogP contribution in [0.25, 0.3) is 0 Å². The number of carbonyl (C=O) groups excluding carboxylic acids is 1. The summed E-state index contributed by atoms with van der Waals surface area (Å²) in [6.45, 7) is 3.90. The van der Waals surface area contributed by atoms with Crippen molar-refractivity contribution in [1.82, 2.24) is 4.90 Å². The van der Waals surface area contributed by atoms with Crippen LogP contribution in [-0.4, -0.2) is 43.7 Å². The number of nitrogens with two attached hydrogens (primary N) is 1. The van der Waals surface area contributed by atoms with Gasteiger partial charge in [0.25, 0.3) is 0 Å². The Kier molecular flexibility index (Phi) is 8.20. The largest absolute Gasteiger partial charge is 0.493 e. The molecule has 2 rings (SSSR count). The molecule has 0 spiro atoms. The van der Waals surface area contributed by atoms with Crippen LogP contribution in [0.5, 0.6) is 11.5 Å². The van der Waals surface area contributed by atoms with Gasteiger partial charge in [-0.2, -0.15) is 0 Å². The highest BCUT2D eigenvalue weighted by molar-refractivity contribution is 5.85. The first kappa shape index (κ1) is 19.6. The lowest BCUT2D eigenvalue weighted by Crippen LogP contribution is -2.49. The molecule has 0 bridgehead atoms. The van der Waals surface area contributed by atoms with Crippen molar-refractivity contribution < 1.29 is 14.3 Å². The molecule has 0 radical (unpaired) electrons. The first-order valence-electron chi connectivity index (χ1n) is 7.91. The SMILES string of the molecule is COc1ccccc1OCCC(=O)N1CCC(C)CC1CN.Cl. The van der Waals surface area contributed by atoms with Crippen LogP contribution >= 0.6 is 12.4 Å². The van der Waals surface area contributed by atoms with Gasteiger partial charge in [-0.3, -0.25) is 4.79 Å². The first-order chi connectivity index (χ1) is 10.7. The minimum atomic E-state index is 0. The maximum Gasteiger partial charge on any atom is 0.226 e. The molecule has 0 aliphatic carbocycles. The number of piperidine rings is 1. The normalized spacial score (nSPS) is 20.6. The Morgan fingerprint density at radius 1 is 1.35 bits per heavy atom. The summed E-state index contributed by atoms with van der Waals surface area (Å²) in [6, 6.07) is 7.62. The molecule has 1 aliphatic rings. The Balaban J connectivity index is 0.00000264. The molecule has 1 aliphatic heterocycles. The Hall–Kier alpha value is -1.46. The van der Waals surface area contributed by atoms with Crippen molar-refractivity contribution in [2.24, 2.45) is 11.7 Å². The molecule has 0 aromatic heterocycles. The fourth-order valence-electron chi connectivity index (χ4n) is 2.93. The van der Waals surface area contributed by atoms with Gasteiger partial charge in [0.05, 0.1) is 20.1 Å². The quantitative estimate of drug-likeness (QED) is 0.862. The van der Waals surface area contributed by atoms with Crippen LogP contribution in [0.4, 0.5) is 0 Å². The van der Waals surface area contributed by atoms with E-state index in [-0.39, 0.29) is 24.4 Å². The Bertz CT molecular complexity index is 498. The van der Waals surface area contributed by atoms with Gasteiger partial charge in [-0.05, 0) is 30.9 Å². The predicted molar refractivity (Wildman–Crippen MR) is 93.3 cm³/mol. The van der Waals surface area contributed by atoms with Crippen LogP contribution in [0.1, 0.15) is 26.2 Å². The summed E-state index contributed by atoms with van der Waals surface area (Å²) in [5.74, 6) is 2.11. The zero-order chi connectivity index (χ0) is 15.9. The number of benzene rings is 1. The second kappa shape index (κ2) is 9.63. The van der Waals surface area contributed by atoms with Gasteiger partial charge in [0.1, 0.15) is 0 Å². The van der Waals surface area contributed by atoms with Crippen molar-refractivity contribution in [3.63, 3.8) is 0 Å². The fourth-order valence-corrected chi connectivity index (χ4v) is 2.93. The molecule has 2 unspecified atom stereocenters. The number of hydrogen-bond donors (Lipinski definition) is 1. The number of para-hydroxylation sites is 2. The molecule has 5 nitrogen and oxygen atoms in total. The molecule has 2 N–H and O–H groups in total. The maximum absolute atomic E-state index is 12.4. The van der Waals surface area contributed by atoms with E-state index in [9.17, 15) is 4.79 Å². The van der Waals surface area contributed by atoms with Crippen molar-refractivity contribution in [2.45, 2.75) is 32.2 Å². The van der Waals surface area contributed by atoms with Crippen LogP contribution in [0.15, 0.2) is 24.3 Å². The number of amides is 1. The molecule has 23 heavy (non-hydrogen) atoms. The van der Waals surface area contributed by atoms with Gasteiger partial charge in [-0.15, -0.1) is 12.4 Å². The number of hydrogen-bond acceptors (Lipinski definition) is 4. The highest BCUT2D eigenvalue weighted by Gasteiger charge is 2.28. The van der Waals surface area contributed by atoms with E-state index >= 15 is 0 Å². The molecule has 1 aromatic carbocycles. The Morgan fingerprint density at radius 2 is 2.04 bits per heavy atom. The molecule has 6 heteroatoms. The molecule has 130 valence electrons. The van der Waals surface area contributed by atoms with E-state index in [0.717, 1.165) is 19.4 Å². The first-order valence-corrected chi connectivity index (χ1v) is 7.91. The second-order valence-corrected chi connectivity index (χ2v) is 5.86. The van der Waals surface area contributed by atoms with Gasteiger partial charge >= 0.3 is 0 Å². The van der Waals surface area contributed by atoms with Crippen molar-refractivity contribution in [3.05, 3.63) is 24.3 Å². The van der Waals surface area contributed by atoms with E-state index in [1.165, 1.54) is 0 Å². The van der Waals surface area contributed by atoms with Gasteiger partial charge in [-0.25, -0.2) is 0 Å². The Morgan fingerprint density at radius 3 is 2.70 bits per heavy atom. The number of ether oxygens (including phenoxy) is 2. The van der Waals surface area contributed by atoms with E-state index in [1.807, 2.05) is 29.2 Å². The van der Waals surface area contributed by atoms with Gasteiger partial charge < -0.3 is 20.1 Å². The van der Waals surface area contributed by atoms with Crippen LogP contribution in [0.2, 0.25) is 0 Å². The van der Waals surface area contributed by atoms with Crippen molar-refractivity contribution in [2.75, 3.05) is 26.8 Å². The average molecular weight is 343 g/mol. The molecule has 1 fully saturated rings. The summed E-state index contributed by atoms with van der Waals surface area (Å²) >= 11 is 0. The van der Waals surface area contributed by atoms with Crippen molar-refractivity contribution in [1.29, 1.82) is 0 Å². The number of rotatable bonds is 6. The number of halogens is 1. The van der Waals surface area contributed by atoms with Crippen molar-refractivity contribution in [3.8, 4) is 11.5 Å². The highest BCUT2D eigenvalue weighted by atomic mass is 35.5. The van der Waals surface area contributed by atoms with Crippen molar-refractivity contribution >= 4 is 18.3 Å². The third-order valence-electron chi connectivity index (χ3n) is 4.21. The monoisotopic (exact) mass is 342 g/mol. The lowest BCUT2D eigenvalue weighted by atomic mass is 9.92. The van der Waals surface area contributed by atoms with E-state index < -0.39 is 0 Å². The summed E-state index contributed by atoms with van der Waals surface area (Å²) in [4.78, 5) is 14.3. The van der Waals surface area contributed by atoms with E-state index in [4.69, 9.17) is 15.2 Å². The standard InChI is InChI=1S/C17H26N2O3.ClH/c1-13-7-9-19(14(11-13)12-18)17(20)8-10-22-16-6-4-3-5-15(16)21-2;/h3-6,13-14H,7-12,18H2,1-2H3;1H. The van der Waals surface area contributed by atoms with Gasteiger partial charge in [-0.1, -0.05) is 19.1 Å². The van der Waals surface area contributed by atoms with E-state index in [2.05, 4.69) is 6.92 Å². The lowest BCUT2D eigenvalue weighted by molar-refractivity contribution is -0.135. The zero-order valence-electron chi connectivity index (χ0n) is 13.9. The topological polar surface area (TPSA) is 64.8 Å². The summed E-state index contributed by atoms with van der Waals surface area (Å²) in [5.41, 5.74) is 5.81. The minimum absolute atomic E-state index is 0. The molecular weight excluding hydrogens is 316 g/mol. The molecule has 1 aromatic rings. The lowest BCUT2D eigenvalue weighted by Gasteiger charge is -2.38. The summed E-state index contributed by atoms with van der Waals surface area (Å²) < 4.78 is 10.9. The summed E-state index contributed by atoms with van der Waals surface area (Å²) in [7, 11) is 1.61. The number of methoxy groups -OCH3 is 1. The number of carbonyl (C=O) groups is 1. The van der Waals surface area contributed by atoms with E-state index in [1.54, 1.807) is 7.11 Å². The van der Waals surface area contributed by atoms with Gasteiger partial charge in [0.2, 0.25) is 5.91 Å². The van der Waals surface area contributed by atoms with Crippen LogP contribution in [0.3, 0.4) is 0 Å². The molecule has 0 saturated carbocycles. The highest BCUT2D eigenvalue weighted by Crippen LogP contribution is 2.26. The maximum atomic E-state index is 12.4. The molecular formula is C17H27ClN2O3. The van der Waals surface area contributed by atoms with Crippen LogP contribution in [0, 0.1) is 5.92 Å². The molecule has 1 saturated heterocycles. The third kappa shape index (κ3) is 5.29. The number of likely N-dealkylation sites (tertiary alicyclic amines) is 1. The predicted octanol–water partition coefficient (Wildman–Crippen LogP) is 2.47. The molecule has 2 atom stereocenters. The van der Waals surface area contributed by atoms with Gasteiger partial charge in [0.15, 0.2) is 11.5 Å². The van der Waals surface area contributed by atoms with Crippen LogP contribution < -0.4 is 15.2 Å². The minimum Gasteiger partial charge on any atom is -0.493 e.